The highest BCUT2D eigenvalue weighted by atomic mass is 35.5. The predicted octanol–water partition coefficient (Wildman–Crippen LogP) is 2.01. The molecule has 1 saturated heterocycles. The summed E-state index contributed by atoms with van der Waals surface area (Å²) in [5, 5.41) is 3.19. The van der Waals surface area contributed by atoms with Gasteiger partial charge in [-0.25, -0.2) is 4.98 Å². The number of amides is 1. The smallest absolute Gasteiger partial charge is 0.217 e. The van der Waals surface area contributed by atoms with Crippen LogP contribution in [0.25, 0.3) is 0 Å². The highest BCUT2D eigenvalue weighted by molar-refractivity contribution is 7.09. The molecule has 1 aromatic heterocycles. The molecule has 1 aliphatic heterocycles. The lowest BCUT2D eigenvalue weighted by Gasteiger charge is -2.31. The van der Waals surface area contributed by atoms with E-state index in [-0.39, 0.29) is 5.91 Å². The third kappa shape index (κ3) is 4.75. The van der Waals surface area contributed by atoms with Crippen LogP contribution in [0, 0.1) is 5.92 Å². The second-order valence-corrected chi connectivity index (χ2v) is 6.28. The molecule has 0 unspecified atom stereocenters. The number of primary amides is 1. The Morgan fingerprint density at radius 2 is 2.26 bits per heavy atom. The highest BCUT2D eigenvalue weighted by Crippen LogP contribution is 2.20. The first-order valence-electron chi connectivity index (χ1n) is 6.67. The summed E-state index contributed by atoms with van der Waals surface area (Å²) in [6.07, 6.45) is 3.68. The first-order chi connectivity index (χ1) is 9.17. The Morgan fingerprint density at radius 1 is 1.53 bits per heavy atom. The van der Waals surface area contributed by atoms with Gasteiger partial charge in [0.05, 0.1) is 16.6 Å². The Labute approximate surface area is 122 Å². The van der Waals surface area contributed by atoms with Crippen LogP contribution in [-0.2, 0) is 17.1 Å². The standard InChI is InChI=1S/C13H20ClN3OS/c14-8-11-9-19-13(16-11)3-6-17-4-1-10(2-5-17)7-12(15)18/h9-10H,1-8H2,(H2,15,18). The van der Waals surface area contributed by atoms with Crippen LogP contribution in [0.1, 0.15) is 30.0 Å². The number of carbonyl (C=O) groups is 1. The summed E-state index contributed by atoms with van der Waals surface area (Å²) >= 11 is 7.43. The van der Waals surface area contributed by atoms with Crippen LogP contribution >= 0.6 is 22.9 Å². The molecule has 4 nitrogen and oxygen atoms in total. The molecule has 0 spiro atoms. The Bertz CT molecular complexity index is 416. The minimum atomic E-state index is -0.171. The third-order valence-corrected chi connectivity index (χ3v) is 4.81. The van der Waals surface area contributed by atoms with Crippen molar-refractivity contribution in [3.63, 3.8) is 0 Å². The molecule has 0 radical (unpaired) electrons. The summed E-state index contributed by atoms with van der Waals surface area (Å²) in [5.74, 6) is 0.806. The van der Waals surface area contributed by atoms with Crippen molar-refractivity contribution >= 4 is 28.8 Å². The largest absolute Gasteiger partial charge is 0.370 e. The number of thiazole rings is 1. The van der Waals surface area contributed by atoms with Crippen LogP contribution in [0.15, 0.2) is 5.38 Å². The van der Waals surface area contributed by atoms with Gasteiger partial charge in [-0.2, -0.15) is 0 Å². The minimum Gasteiger partial charge on any atom is -0.370 e. The molecule has 0 saturated carbocycles. The topological polar surface area (TPSA) is 59.2 Å². The van der Waals surface area contributed by atoms with Crippen molar-refractivity contribution in [2.24, 2.45) is 11.7 Å². The molecule has 1 fully saturated rings. The number of nitrogens with zero attached hydrogens (tertiary/aromatic N) is 2. The molecule has 0 bridgehead atoms. The van der Waals surface area contributed by atoms with Gasteiger partial charge in [0, 0.05) is 24.8 Å². The van der Waals surface area contributed by atoms with E-state index >= 15 is 0 Å². The molecule has 0 atom stereocenters. The molecule has 0 aliphatic carbocycles. The molecule has 6 heteroatoms. The van der Waals surface area contributed by atoms with Crippen molar-refractivity contribution in [1.82, 2.24) is 9.88 Å². The van der Waals surface area contributed by atoms with Crippen LogP contribution < -0.4 is 5.73 Å². The number of piperidine rings is 1. The molecule has 106 valence electrons. The van der Waals surface area contributed by atoms with Crippen molar-refractivity contribution < 1.29 is 4.79 Å². The lowest BCUT2D eigenvalue weighted by molar-refractivity contribution is -0.119. The normalized spacial score (nSPS) is 17.7. The fourth-order valence-electron chi connectivity index (χ4n) is 2.48. The summed E-state index contributed by atoms with van der Waals surface area (Å²) < 4.78 is 0. The van der Waals surface area contributed by atoms with E-state index in [4.69, 9.17) is 17.3 Å². The molecule has 2 heterocycles. The maximum absolute atomic E-state index is 10.9. The number of hydrogen-bond donors (Lipinski definition) is 1. The maximum Gasteiger partial charge on any atom is 0.217 e. The van der Waals surface area contributed by atoms with Gasteiger partial charge in [-0.3, -0.25) is 4.79 Å². The van der Waals surface area contributed by atoms with E-state index in [1.54, 1.807) is 11.3 Å². The van der Waals surface area contributed by atoms with Crippen LogP contribution in [0.2, 0.25) is 0 Å². The van der Waals surface area contributed by atoms with Gasteiger partial charge in [-0.05, 0) is 31.8 Å². The first-order valence-corrected chi connectivity index (χ1v) is 8.08. The molecular formula is C13H20ClN3OS. The summed E-state index contributed by atoms with van der Waals surface area (Å²) in [5.41, 5.74) is 6.21. The fraction of sp³-hybridized carbons (Fsp3) is 0.692. The number of halogens is 1. The average molecular weight is 302 g/mol. The van der Waals surface area contributed by atoms with Gasteiger partial charge >= 0.3 is 0 Å². The Hall–Kier alpha value is -0.650. The molecule has 1 amide bonds. The van der Waals surface area contributed by atoms with Gasteiger partial charge in [0.2, 0.25) is 5.91 Å². The zero-order chi connectivity index (χ0) is 13.7. The molecule has 1 aliphatic rings. The second kappa shape index (κ2) is 7.22. The number of nitrogens with two attached hydrogens (primary N) is 1. The zero-order valence-electron chi connectivity index (χ0n) is 11.0. The number of alkyl halides is 1. The van der Waals surface area contributed by atoms with Gasteiger partial charge in [-0.15, -0.1) is 22.9 Å². The van der Waals surface area contributed by atoms with E-state index in [1.165, 1.54) is 0 Å². The minimum absolute atomic E-state index is 0.171. The monoisotopic (exact) mass is 301 g/mol. The summed E-state index contributed by atoms with van der Waals surface area (Å²) in [6.45, 7) is 3.16. The Kier molecular flexibility index (Phi) is 5.60. The summed E-state index contributed by atoms with van der Waals surface area (Å²) in [4.78, 5) is 17.8. The quantitative estimate of drug-likeness (QED) is 0.818. The van der Waals surface area contributed by atoms with Crippen molar-refractivity contribution in [2.75, 3.05) is 19.6 Å². The van der Waals surface area contributed by atoms with Crippen LogP contribution in [0.4, 0.5) is 0 Å². The van der Waals surface area contributed by atoms with Crippen molar-refractivity contribution in [3.8, 4) is 0 Å². The van der Waals surface area contributed by atoms with Crippen LogP contribution in [0.3, 0.4) is 0 Å². The number of aromatic nitrogens is 1. The average Bonchev–Trinajstić information content (AvgIpc) is 2.85. The van der Waals surface area contributed by atoms with Crippen molar-refractivity contribution in [3.05, 3.63) is 16.1 Å². The molecule has 2 rings (SSSR count). The van der Waals surface area contributed by atoms with Crippen LogP contribution in [0.5, 0.6) is 0 Å². The highest BCUT2D eigenvalue weighted by Gasteiger charge is 2.20. The van der Waals surface area contributed by atoms with Gasteiger partial charge in [-0.1, -0.05) is 0 Å². The Morgan fingerprint density at radius 3 is 2.84 bits per heavy atom. The van der Waals surface area contributed by atoms with E-state index in [0.717, 1.165) is 49.6 Å². The summed E-state index contributed by atoms with van der Waals surface area (Å²) in [7, 11) is 0. The third-order valence-electron chi connectivity index (χ3n) is 3.58. The fourth-order valence-corrected chi connectivity index (χ4v) is 3.49. The van der Waals surface area contributed by atoms with Gasteiger partial charge in [0.1, 0.15) is 0 Å². The second-order valence-electron chi connectivity index (χ2n) is 5.07. The van der Waals surface area contributed by atoms with Gasteiger partial charge in [0.15, 0.2) is 0 Å². The van der Waals surface area contributed by atoms with Gasteiger partial charge in [0.25, 0.3) is 0 Å². The van der Waals surface area contributed by atoms with E-state index in [2.05, 4.69) is 9.88 Å². The molecule has 0 aromatic carbocycles. The molecule has 19 heavy (non-hydrogen) atoms. The Balaban J connectivity index is 1.69. The predicted molar refractivity (Wildman–Crippen MR) is 78.4 cm³/mol. The van der Waals surface area contributed by atoms with Gasteiger partial charge < -0.3 is 10.6 Å². The number of carbonyl (C=O) groups excluding carboxylic acids is 1. The van der Waals surface area contributed by atoms with E-state index in [1.807, 2.05) is 5.38 Å². The number of likely N-dealkylation sites (tertiary alicyclic amines) is 1. The summed E-state index contributed by atoms with van der Waals surface area (Å²) in [6, 6.07) is 0. The first kappa shape index (κ1) is 14.8. The lowest BCUT2D eigenvalue weighted by Crippen LogP contribution is -2.36. The SMILES string of the molecule is NC(=O)CC1CCN(CCc2nc(CCl)cs2)CC1. The maximum atomic E-state index is 10.9. The van der Waals surface area contributed by atoms with E-state index in [0.29, 0.717) is 18.2 Å². The number of rotatable bonds is 6. The molecule has 2 N–H and O–H groups in total. The van der Waals surface area contributed by atoms with Crippen LogP contribution in [-0.4, -0.2) is 35.4 Å². The van der Waals surface area contributed by atoms with Crippen molar-refractivity contribution in [2.45, 2.75) is 31.6 Å². The lowest BCUT2D eigenvalue weighted by atomic mass is 9.93. The zero-order valence-corrected chi connectivity index (χ0v) is 12.6. The van der Waals surface area contributed by atoms with E-state index in [9.17, 15) is 4.79 Å². The van der Waals surface area contributed by atoms with E-state index < -0.39 is 0 Å². The number of hydrogen-bond acceptors (Lipinski definition) is 4. The molecular weight excluding hydrogens is 282 g/mol. The molecule has 1 aromatic rings. The van der Waals surface area contributed by atoms with Crippen molar-refractivity contribution in [1.29, 1.82) is 0 Å².